The standard InChI is InChI=1S/C25H26ClN3OS2/c1-5-31-20-9-10-32-23(20)21-15(13-27)24(28)29(17-8-6-7-16(26)14(17)2)18-11-25(3,4)12-19(30)22(18)21/h6-10,21H,5,11-12,28H2,1-4H3. The van der Waals surface area contributed by atoms with Crippen molar-refractivity contribution in [1.29, 1.82) is 5.26 Å². The average Bonchev–Trinajstić information content (AvgIpc) is 3.17. The molecule has 0 saturated heterocycles. The van der Waals surface area contributed by atoms with Crippen molar-refractivity contribution in [2.75, 3.05) is 10.7 Å². The molecule has 2 aliphatic rings. The van der Waals surface area contributed by atoms with Crippen LogP contribution in [0.4, 0.5) is 5.69 Å². The van der Waals surface area contributed by atoms with Crippen LogP contribution in [0, 0.1) is 23.7 Å². The Labute approximate surface area is 202 Å². The first-order chi connectivity index (χ1) is 15.2. The van der Waals surface area contributed by atoms with Gasteiger partial charge in [0.1, 0.15) is 5.82 Å². The minimum absolute atomic E-state index is 0.0898. The third kappa shape index (κ3) is 3.77. The number of thioether (sulfide) groups is 1. The van der Waals surface area contributed by atoms with Gasteiger partial charge in [0.25, 0.3) is 0 Å². The highest BCUT2D eigenvalue weighted by atomic mass is 35.5. The third-order valence-electron chi connectivity index (χ3n) is 6.08. The van der Waals surface area contributed by atoms with Crippen molar-refractivity contribution in [3.63, 3.8) is 0 Å². The van der Waals surface area contributed by atoms with Crippen LogP contribution in [-0.4, -0.2) is 11.5 Å². The zero-order valence-electron chi connectivity index (χ0n) is 18.7. The van der Waals surface area contributed by atoms with Crippen molar-refractivity contribution in [3.8, 4) is 6.07 Å². The van der Waals surface area contributed by atoms with E-state index in [2.05, 4.69) is 32.9 Å². The average molecular weight is 484 g/mol. The van der Waals surface area contributed by atoms with E-state index in [-0.39, 0.29) is 11.2 Å². The molecule has 2 heterocycles. The molecule has 32 heavy (non-hydrogen) atoms. The predicted molar refractivity (Wildman–Crippen MR) is 134 cm³/mol. The van der Waals surface area contributed by atoms with Crippen LogP contribution < -0.4 is 10.6 Å². The van der Waals surface area contributed by atoms with E-state index in [0.29, 0.717) is 34.8 Å². The summed E-state index contributed by atoms with van der Waals surface area (Å²) in [7, 11) is 0. The number of nitriles is 1. The second-order valence-electron chi connectivity index (χ2n) is 8.95. The first-order valence-corrected chi connectivity index (χ1v) is 12.9. The zero-order valence-corrected chi connectivity index (χ0v) is 21.0. The SMILES string of the molecule is CCSc1ccsc1C1C(C#N)=C(N)N(c2cccc(Cl)c2C)C2=C1C(=O)CC(C)(C)C2. The molecule has 0 saturated carbocycles. The van der Waals surface area contributed by atoms with Gasteiger partial charge in [-0.2, -0.15) is 5.26 Å². The number of thiophene rings is 1. The molecule has 0 spiro atoms. The number of nitrogens with two attached hydrogens (primary N) is 1. The fourth-order valence-electron chi connectivity index (χ4n) is 4.68. The van der Waals surface area contributed by atoms with Crippen LogP contribution in [0.2, 0.25) is 5.02 Å². The van der Waals surface area contributed by atoms with Crippen molar-refractivity contribution in [3.05, 3.63) is 67.8 Å². The lowest BCUT2D eigenvalue weighted by molar-refractivity contribution is -0.118. The Morgan fingerprint density at radius 2 is 2.09 bits per heavy atom. The maximum Gasteiger partial charge on any atom is 0.162 e. The molecule has 2 N–H and O–H groups in total. The summed E-state index contributed by atoms with van der Waals surface area (Å²) in [4.78, 5) is 17.7. The van der Waals surface area contributed by atoms with Crippen LogP contribution in [0.5, 0.6) is 0 Å². The van der Waals surface area contributed by atoms with E-state index in [0.717, 1.165) is 32.5 Å². The summed E-state index contributed by atoms with van der Waals surface area (Å²) in [5, 5.41) is 12.9. The van der Waals surface area contributed by atoms with Gasteiger partial charge in [-0.1, -0.05) is 38.4 Å². The van der Waals surface area contributed by atoms with E-state index >= 15 is 0 Å². The lowest BCUT2D eigenvalue weighted by atomic mass is 9.69. The highest BCUT2D eigenvalue weighted by molar-refractivity contribution is 7.99. The number of hydrogen-bond donors (Lipinski definition) is 1. The molecule has 1 aromatic heterocycles. The van der Waals surface area contributed by atoms with Gasteiger partial charge in [-0.15, -0.1) is 23.1 Å². The minimum Gasteiger partial charge on any atom is -0.384 e. The lowest BCUT2D eigenvalue weighted by Crippen LogP contribution is -2.42. The van der Waals surface area contributed by atoms with Crippen LogP contribution in [0.25, 0.3) is 0 Å². The molecular weight excluding hydrogens is 458 g/mol. The Morgan fingerprint density at radius 3 is 2.78 bits per heavy atom. The molecule has 0 fully saturated rings. The van der Waals surface area contributed by atoms with Crippen molar-refractivity contribution in [2.45, 2.75) is 51.3 Å². The van der Waals surface area contributed by atoms with Gasteiger partial charge in [0.15, 0.2) is 5.78 Å². The fraction of sp³-hybridized carbons (Fsp3) is 0.360. The Bertz CT molecular complexity index is 1200. The van der Waals surface area contributed by atoms with Gasteiger partial charge in [-0.05, 0) is 53.7 Å². The number of rotatable bonds is 4. The zero-order chi connectivity index (χ0) is 23.2. The van der Waals surface area contributed by atoms with Gasteiger partial charge in [0.05, 0.1) is 23.2 Å². The van der Waals surface area contributed by atoms with E-state index in [1.165, 1.54) is 0 Å². The van der Waals surface area contributed by atoms with E-state index < -0.39 is 5.92 Å². The number of carbonyl (C=O) groups excluding carboxylic acids is 1. The van der Waals surface area contributed by atoms with Gasteiger partial charge in [0.2, 0.25) is 0 Å². The Hall–Kier alpha value is -2.20. The van der Waals surface area contributed by atoms with Crippen LogP contribution >= 0.6 is 34.7 Å². The van der Waals surface area contributed by atoms with Crippen LogP contribution in [0.15, 0.2) is 57.2 Å². The molecule has 4 nitrogen and oxygen atoms in total. The maximum atomic E-state index is 13.6. The van der Waals surface area contributed by atoms with Gasteiger partial charge in [0, 0.05) is 32.5 Å². The molecule has 166 valence electrons. The number of halogens is 1. The first-order valence-electron chi connectivity index (χ1n) is 10.6. The number of hydrogen-bond acceptors (Lipinski definition) is 6. The normalized spacial score (nSPS) is 20.4. The van der Waals surface area contributed by atoms with Crippen LogP contribution in [0.3, 0.4) is 0 Å². The summed E-state index contributed by atoms with van der Waals surface area (Å²) >= 11 is 9.76. The van der Waals surface area contributed by atoms with Gasteiger partial charge in [-0.25, -0.2) is 0 Å². The quantitative estimate of drug-likeness (QED) is 0.486. The minimum atomic E-state index is -0.427. The van der Waals surface area contributed by atoms with Crippen molar-refractivity contribution < 1.29 is 4.79 Å². The van der Waals surface area contributed by atoms with Gasteiger partial charge in [-0.3, -0.25) is 9.69 Å². The van der Waals surface area contributed by atoms with Crippen molar-refractivity contribution >= 4 is 46.2 Å². The van der Waals surface area contributed by atoms with Crippen LogP contribution in [-0.2, 0) is 4.79 Å². The molecule has 1 aromatic carbocycles. The van der Waals surface area contributed by atoms with E-state index in [1.807, 2.05) is 35.4 Å². The molecule has 1 aliphatic heterocycles. The lowest BCUT2D eigenvalue weighted by Gasteiger charge is -2.44. The van der Waals surface area contributed by atoms with Crippen LogP contribution in [0.1, 0.15) is 50.0 Å². The molecule has 7 heteroatoms. The van der Waals surface area contributed by atoms with Crippen molar-refractivity contribution in [1.82, 2.24) is 0 Å². The van der Waals surface area contributed by atoms with E-state index in [4.69, 9.17) is 17.3 Å². The summed E-state index contributed by atoms with van der Waals surface area (Å²) in [6.45, 7) is 8.26. The molecule has 1 atom stereocenters. The number of anilines is 1. The number of benzene rings is 1. The van der Waals surface area contributed by atoms with E-state index in [9.17, 15) is 10.1 Å². The fourth-order valence-corrected chi connectivity index (χ4v) is 6.90. The van der Waals surface area contributed by atoms with Crippen molar-refractivity contribution in [2.24, 2.45) is 11.1 Å². The maximum absolute atomic E-state index is 13.6. The molecule has 2 aromatic rings. The number of nitrogens with zero attached hydrogens (tertiary/aromatic N) is 2. The summed E-state index contributed by atoms with van der Waals surface area (Å²) in [5.41, 5.74) is 10.2. The molecule has 0 bridgehead atoms. The molecule has 0 amide bonds. The highest BCUT2D eigenvalue weighted by Gasteiger charge is 2.45. The summed E-state index contributed by atoms with van der Waals surface area (Å²) in [6.07, 6.45) is 1.14. The highest BCUT2D eigenvalue weighted by Crippen LogP contribution is 2.53. The number of allylic oxidation sites excluding steroid dienone is 3. The largest absolute Gasteiger partial charge is 0.384 e. The monoisotopic (exact) mass is 483 g/mol. The topological polar surface area (TPSA) is 70.1 Å². The summed E-state index contributed by atoms with van der Waals surface area (Å²) in [6, 6.07) is 10.1. The summed E-state index contributed by atoms with van der Waals surface area (Å²) in [5.74, 6) is 0.960. The molecular formula is C25H26ClN3OS2. The first kappa shape index (κ1) is 23.0. The Morgan fingerprint density at radius 1 is 1.34 bits per heavy atom. The number of ketones is 1. The number of carbonyl (C=O) groups is 1. The molecule has 4 rings (SSSR count). The predicted octanol–water partition coefficient (Wildman–Crippen LogP) is 6.76. The smallest absolute Gasteiger partial charge is 0.162 e. The molecule has 1 aliphatic carbocycles. The summed E-state index contributed by atoms with van der Waals surface area (Å²) < 4.78 is 0. The molecule has 1 unspecified atom stereocenters. The van der Waals surface area contributed by atoms with Gasteiger partial charge >= 0.3 is 0 Å². The second-order valence-corrected chi connectivity index (χ2v) is 11.6. The van der Waals surface area contributed by atoms with E-state index in [1.54, 1.807) is 23.1 Å². The molecule has 0 radical (unpaired) electrons. The second kappa shape index (κ2) is 8.62. The Kier molecular flexibility index (Phi) is 6.19. The van der Waals surface area contributed by atoms with Gasteiger partial charge < -0.3 is 5.73 Å². The third-order valence-corrected chi connectivity index (χ3v) is 8.56. The number of Topliss-reactive ketones (excluding diaryl/α,β-unsaturated/α-hetero) is 1. The Balaban J connectivity index is 2.02.